The predicted octanol–water partition coefficient (Wildman–Crippen LogP) is 5.35. The van der Waals surface area contributed by atoms with Crippen LogP contribution in [-0.2, 0) is 16.1 Å². The van der Waals surface area contributed by atoms with Gasteiger partial charge in [-0.15, -0.1) is 0 Å². The minimum absolute atomic E-state index is 0.0104. The molecule has 1 aromatic heterocycles. The first-order valence-electron chi connectivity index (χ1n) is 13.3. The molecule has 4 rings (SSSR count). The Hall–Kier alpha value is -4.14. The average Bonchev–Trinajstić information content (AvgIpc) is 3.42. The molecule has 3 amide bonds. The van der Waals surface area contributed by atoms with Gasteiger partial charge < -0.3 is 21.1 Å². The number of likely N-dealkylation sites (tertiary alicyclic amines) is 1. The highest BCUT2D eigenvalue weighted by Crippen LogP contribution is 2.26. The Morgan fingerprint density at radius 2 is 1.64 bits per heavy atom. The van der Waals surface area contributed by atoms with Crippen LogP contribution >= 0.6 is 23.2 Å². The number of benzene rings is 2. The SMILES string of the molecule is CCC(=O)Nc1cccc(CN2CCC(NC(=O)c3[nH]ncc3NC(=O)c3c(Cl)cccc3Cl)CC2)c1.O=C(O)C(F)(F)F. The number of carbonyl (C=O) groups excluding carboxylic acids is 3. The topological polar surface area (TPSA) is 157 Å². The third kappa shape index (κ3) is 9.96. The number of carboxylic acid groups (broad SMARTS) is 1. The van der Waals surface area contributed by atoms with Crippen molar-refractivity contribution in [2.45, 2.75) is 44.9 Å². The van der Waals surface area contributed by atoms with E-state index in [1.165, 1.54) is 6.20 Å². The molecule has 0 unspecified atom stereocenters. The molecule has 0 saturated carbocycles. The molecule has 1 aliphatic rings. The van der Waals surface area contributed by atoms with Gasteiger partial charge in [0.2, 0.25) is 5.91 Å². The van der Waals surface area contributed by atoms with Crippen LogP contribution in [0.2, 0.25) is 10.0 Å². The van der Waals surface area contributed by atoms with Crippen molar-refractivity contribution in [1.82, 2.24) is 20.4 Å². The van der Waals surface area contributed by atoms with Gasteiger partial charge in [0.15, 0.2) is 0 Å². The van der Waals surface area contributed by atoms with Crippen molar-refractivity contribution < 1.29 is 37.5 Å². The fourth-order valence-corrected chi connectivity index (χ4v) is 4.77. The molecule has 1 fully saturated rings. The van der Waals surface area contributed by atoms with E-state index in [0.29, 0.717) is 6.42 Å². The van der Waals surface area contributed by atoms with Crippen LogP contribution in [0, 0.1) is 0 Å². The first kappa shape index (κ1) is 34.4. The molecule has 0 bridgehead atoms. The quantitative estimate of drug-likeness (QED) is 0.219. The molecule has 236 valence electrons. The molecular weight excluding hydrogens is 628 g/mol. The fourth-order valence-electron chi connectivity index (χ4n) is 4.20. The van der Waals surface area contributed by atoms with Gasteiger partial charge >= 0.3 is 12.1 Å². The molecule has 0 atom stereocenters. The Balaban J connectivity index is 0.000000676. The molecule has 1 saturated heterocycles. The summed E-state index contributed by atoms with van der Waals surface area (Å²) in [7, 11) is 0. The summed E-state index contributed by atoms with van der Waals surface area (Å²) in [4.78, 5) is 48.5. The van der Waals surface area contributed by atoms with E-state index in [1.807, 2.05) is 31.2 Å². The van der Waals surface area contributed by atoms with E-state index in [4.69, 9.17) is 33.1 Å². The number of alkyl halides is 3. The van der Waals surface area contributed by atoms with Gasteiger partial charge in [-0.2, -0.15) is 18.3 Å². The Morgan fingerprint density at radius 3 is 2.23 bits per heavy atom. The first-order valence-corrected chi connectivity index (χ1v) is 14.0. The fraction of sp³-hybridized carbons (Fsp3) is 0.321. The lowest BCUT2D eigenvalue weighted by Gasteiger charge is -2.32. The summed E-state index contributed by atoms with van der Waals surface area (Å²) < 4.78 is 31.7. The van der Waals surface area contributed by atoms with Crippen LogP contribution in [0.5, 0.6) is 0 Å². The van der Waals surface area contributed by atoms with E-state index in [1.54, 1.807) is 18.2 Å². The van der Waals surface area contributed by atoms with E-state index in [0.717, 1.165) is 43.7 Å². The van der Waals surface area contributed by atoms with Crippen LogP contribution < -0.4 is 16.0 Å². The van der Waals surface area contributed by atoms with Gasteiger partial charge in [-0.1, -0.05) is 48.3 Å². The highest BCUT2D eigenvalue weighted by Gasteiger charge is 2.38. The zero-order valence-corrected chi connectivity index (χ0v) is 24.8. The summed E-state index contributed by atoms with van der Waals surface area (Å²) >= 11 is 12.2. The second-order valence-electron chi connectivity index (χ2n) is 9.64. The average molecular weight is 657 g/mol. The number of aromatic nitrogens is 2. The van der Waals surface area contributed by atoms with Gasteiger partial charge in [0.05, 0.1) is 27.5 Å². The first-order chi connectivity index (χ1) is 20.8. The monoisotopic (exact) mass is 656 g/mol. The van der Waals surface area contributed by atoms with Gasteiger partial charge in [0, 0.05) is 37.8 Å². The van der Waals surface area contributed by atoms with Crippen LogP contribution in [0.3, 0.4) is 0 Å². The Kier molecular flexibility index (Phi) is 12.1. The second kappa shape index (κ2) is 15.5. The molecule has 11 nitrogen and oxygen atoms in total. The largest absolute Gasteiger partial charge is 0.490 e. The van der Waals surface area contributed by atoms with Crippen molar-refractivity contribution in [3.8, 4) is 0 Å². The third-order valence-electron chi connectivity index (χ3n) is 6.41. The molecule has 2 heterocycles. The maximum absolute atomic E-state index is 12.9. The predicted molar refractivity (Wildman–Crippen MR) is 158 cm³/mol. The lowest BCUT2D eigenvalue weighted by atomic mass is 10.0. The van der Waals surface area contributed by atoms with Crippen LogP contribution in [0.1, 0.15) is 52.6 Å². The minimum Gasteiger partial charge on any atom is -0.475 e. The van der Waals surface area contributed by atoms with Crippen molar-refractivity contribution in [3.05, 3.63) is 75.5 Å². The number of anilines is 2. The number of nitrogens with one attached hydrogen (secondary N) is 4. The number of rotatable bonds is 8. The molecule has 16 heteroatoms. The molecule has 3 aromatic rings. The summed E-state index contributed by atoms with van der Waals surface area (Å²) in [5.41, 5.74) is 2.44. The van der Waals surface area contributed by atoms with E-state index in [2.05, 4.69) is 31.0 Å². The highest BCUT2D eigenvalue weighted by molar-refractivity contribution is 6.40. The van der Waals surface area contributed by atoms with Gasteiger partial charge in [-0.3, -0.25) is 24.4 Å². The number of hydrogen-bond donors (Lipinski definition) is 5. The lowest BCUT2D eigenvalue weighted by molar-refractivity contribution is -0.192. The van der Waals surface area contributed by atoms with Crippen molar-refractivity contribution in [2.75, 3.05) is 23.7 Å². The molecule has 0 aliphatic carbocycles. The third-order valence-corrected chi connectivity index (χ3v) is 7.04. The highest BCUT2D eigenvalue weighted by atomic mass is 35.5. The van der Waals surface area contributed by atoms with E-state index in [9.17, 15) is 27.6 Å². The van der Waals surface area contributed by atoms with Gasteiger partial charge in [0.25, 0.3) is 11.8 Å². The zero-order chi connectivity index (χ0) is 32.4. The summed E-state index contributed by atoms with van der Waals surface area (Å²) in [6, 6.07) is 12.6. The smallest absolute Gasteiger partial charge is 0.475 e. The maximum atomic E-state index is 12.9. The summed E-state index contributed by atoms with van der Waals surface area (Å²) in [6.45, 7) is 4.21. The number of H-pyrrole nitrogens is 1. The van der Waals surface area contributed by atoms with Crippen molar-refractivity contribution in [1.29, 1.82) is 0 Å². The Morgan fingerprint density at radius 1 is 1.02 bits per heavy atom. The van der Waals surface area contributed by atoms with Crippen LogP contribution in [0.15, 0.2) is 48.7 Å². The summed E-state index contributed by atoms with van der Waals surface area (Å²) in [5, 5.41) is 22.7. The standard InChI is InChI=1S/C26H28Cl2N6O3.C2HF3O2/c1-2-22(35)30-18-6-3-5-16(13-18)15-34-11-9-17(10-12-34)31-26(37)24-21(14-29-33-24)32-25(36)23-19(27)7-4-8-20(23)28;3-2(4,5)1(6)7/h3-8,13-14,17H,2,9-12,15H2,1H3,(H,29,33)(H,30,35)(H,31,37)(H,32,36);(H,6,7). The van der Waals surface area contributed by atoms with Crippen LogP contribution in [0.4, 0.5) is 24.5 Å². The molecule has 0 spiro atoms. The number of carboxylic acids is 1. The van der Waals surface area contributed by atoms with Gasteiger partial charge in [-0.05, 0) is 42.7 Å². The molecule has 5 N–H and O–H groups in total. The Bertz CT molecular complexity index is 1470. The number of nitrogens with zero attached hydrogens (tertiary/aromatic N) is 2. The normalized spacial score (nSPS) is 13.8. The van der Waals surface area contributed by atoms with Crippen molar-refractivity contribution >= 4 is 58.3 Å². The molecule has 2 aromatic carbocycles. The van der Waals surface area contributed by atoms with E-state index < -0.39 is 18.1 Å². The number of aliphatic carboxylic acids is 1. The number of amides is 3. The lowest BCUT2D eigenvalue weighted by Crippen LogP contribution is -2.44. The Labute approximate surface area is 260 Å². The number of carbonyl (C=O) groups is 4. The number of piperidine rings is 1. The maximum Gasteiger partial charge on any atom is 0.490 e. The molecule has 44 heavy (non-hydrogen) atoms. The van der Waals surface area contributed by atoms with E-state index >= 15 is 0 Å². The molecule has 1 aliphatic heterocycles. The van der Waals surface area contributed by atoms with Crippen LogP contribution in [-0.4, -0.2) is 69.2 Å². The van der Waals surface area contributed by atoms with E-state index in [-0.39, 0.29) is 44.8 Å². The number of hydrogen-bond acceptors (Lipinski definition) is 6. The van der Waals surface area contributed by atoms with Crippen LogP contribution in [0.25, 0.3) is 0 Å². The summed E-state index contributed by atoms with van der Waals surface area (Å²) in [6.07, 6.45) is -1.71. The van der Waals surface area contributed by atoms with Crippen molar-refractivity contribution in [2.24, 2.45) is 0 Å². The molecule has 0 radical (unpaired) electrons. The van der Waals surface area contributed by atoms with Gasteiger partial charge in [0.1, 0.15) is 5.69 Å². The molecular formula is C28H29Cl2F3N6O5. The summed E-state index contributed by atoms with van der Waals surface area (Å²) in [5.74, 6) is -3.65. The second-order valence-corrected chi connectivity index (χ2v) is 10.5. The number of halogens is 5. The zero-order valence-electron chi connectivity index (χ0n) is 23.3. The number of aromatic amines is 1. The van der Waals surface area contributed by atoms with Crippen molar-refractivity contribution in [3.63, 3.8) is 0 Å². The van der Waals surface area contributed by atoms with Gasteiger partial charge in [-0.25, -0.2) is 4.79 Å². The minimum atomic E-state index is -5.08.